The molecule has 1 aliphatic heterocycles. The Bertz CT molecular complexity index is 703. The molecule has 1 heterocycles. The van der Waals surface area contributed by atoms with Gasteiger partial charge in [0.2, 0.25) is 12.7 Å². The van der Waals surface area contributed by atoms with Crippen LogP contribution in [0.2, 0.25) is 0 Å². The summed E-state index contributed by atoms with van der Waals surface area (Å²) in [5.74, 6) is 1.55. The van der Waals surface area contributed by atoms with Crippen LogP contribution >= 0.6 is 0 Å². The van der Waals surface area contributed by atoms with Crippen molar-refractivity contribution in [2.75, 3.05) is 20.4 Å². The third-order valence-electron chi connectivity index (χ3n) is 3.98. The van der Waals surface area contributed by atoms with Gasteiger partial charge in [-0.3, -0.25) is 9.69 Å². The second-order valence-electron chi connectivity index (χ2n) is 6.06. The second kappa shape index (κ2) is 7.36. The van der Waals surface area contributed by atoms with Crippen LogP contribution in [-0.2, 0) is 11.3 Å². The van der Waals surface area contributed by atoms with Gasteiger partial charge < -0.3 is 14.8 Å². The maximum Gasteiger partial charge on any atom is 0.234 e. The van der Waals surface area contributed by atoms with Crippen molar-refractivity contribution in [1.82, 2.24) is 10.2 Å². The lowest BCUT2D eigenvalue weighted by Gasteiger charge is -2.19. The molecule has 0 aliphatic carbocycles. The number of rotatable bonds is 6. The fraction of sp³-hybridized carbons (Fsp3) is 0.316. The third-order valence-corrected chi connectivity index (χ3v) is 3.98. The Balaban J connectivity index is 1.51. The zero-order chi connectivity index (χ0) is 16.9. The van der Waals surface area contributed by atoms with Gasteiger partial charge in [0, 0.05) is 6.54 Å². The molecule has 5 nitrogen and oxygen atoms in total. The molecule has 2 aromatic rings. The number of hydrogen-bond donors (Lipinski definition) is 1. The van der Waals surface area contributed by atoms with Crippen LogP contribution in [0.3, 0.4) is 0 Å². The molecule has 1 atom stereocenters. The van der Waals surface area contributed by atoms with Crippen molar-refractivity contribution in [3.05, 3.63) is 59.7 Å². The monoisotopic (exact) mass is 326 g/mol. The Morgan fingerprint density at radius 2 is 1.92 bits per heavy atom. The molecule has 0 bridgehead atoms. The molecule has 1 amide bonds. The molecule has 3 rings (SSSR count). The van der Waals surface area contributed by atoms with Gasteiger partial charge in [0.05, 0.1) is 12.6 Å². The van der Waals surface area contributed by atoms with Crippen LogP contribution in [0.1, 0.15) is 24.1 Å². The van der Waals surface area contributed by atoms with Gasteiger partial charge in [-0.1, -0.05) is 36.4 Å². The average molecular weight is 326 g/mol. The Kier molecular flexibility index (Phi) is 5.01. The molecule has 0 fully saturated rings. The molecular formula is C19H22N2O3. The van der Waals surface area contributed by atoms with E-state index in [9.17, 15) is 4.79 Å². The number of nitrogens with one attached hydrogen (secondary N) is 1. The molecule has 1 N–H and O–H groups in total. The van der Waals surface area contributed by atoms with Gasteiger partial charge in [-0.2, -0.15) is 0 Å². The molecular weight excluding hydrogens is 304 g/mol. The largest absolute Gasteiger partial charge is 0.454 e. The number of benzene rings is 2. The van der Waals surface area contributed by atoms with Crippen molar-refractivity contribution < 1.29 is 14.3 Å². The van der Waals surface area contributed by atoms with Gasteiger partial charge in [-0.05, 0) is 37.2 Å². The zero-order valence-corrected chi connectivity index (χ0v) is 14.0. The SMILES string of the molecule is C[C@@H](NC(=O)CN(C)Cc1ccc2c(c1)OCO2)c1ccccc1. The summed E-state index contributed by atoms with van der Waals surface area (Å²) in [6.07, 6.45) is 0. The minimum absolute atomic E-state index is 0.00218. The number of hydrogen-bond acceptors (Lipinski definition) is 4. The highest BCUT2D eigenvalue weighted by atomic mass is 16.7. The number of carbonyl (C=O) groups excluding carboxylic acids is 1. The van der Waals surface area contributed by atoms with E-state index in [1.54, 1.807) is 0 Å². The molecule has 0 saturated heterocycles. The molecule has 2 aromatic carbocycles. The van der Waals surface area contributed by atoms with Gasteiger partial charge >= 0.3 is 0 Å². The van der Waals surface area contributed by atoms with Crippen molar-refractivity contribution in [2.45, 2.75) is 19.5 Å². The molecule has 24 heavy (non-hydrogen) atoms. The maximum absolute atomic E-state index is 12.2. The summed E-state index contributed by atoms with van der Waals surface area (Å²) >= 11 is 0. The lowest BCUT2D eigenvalue weighted by Crippen LogP contribution is -2.36. The highest BCUT2D eigenvalue weighted by molar-refractivity contribution is 5.78. The summed E-state index contributed by atoms with van der Waals surface area (Å²) in [6, 6.07) is 15.8. The smallest absolute Gasteiger partial charge is 0.234 e. The standard InChI is InChI=1S/C19H22N2O3/c1-14(16-6-4-3-5-7-16)20-19(22)12-21(2)11-15-8-9-17-18(10-15)24-13-23-17/h3-10,14H,11-13H2,1-2H3,(H,20,22)/t14-/m1/s1. The van der Waals surface area contributed by atoms with Gasteiger partial charge in [-0.25, -0.2) is 0 Å². The minimum Gasteiger partial charge on any atom is -0.454 e. The van der Waals surface area contributed by atoms with Crippen LogP contribution in [0.15, 0.2) is 48.5 Å². The molecule has 0 unspecified atom stereocenters. The Hall–Kier alpha value is -2.53. The van der Waals surface area contributed by atoms with E-state index < -0.39 is 0 Å². The summed E-state index contributed by atoms with van der Waals surface area (Å²) in [7, 11) is 1.93. The van der Waals surface area contributed by atoms with Gasteiger partial charge in [0.25, 0.3) is 0 Å². The fourth-order valence-corrected chi connectivity index (χ4v) is 2.76. The van der Waals surface area contributed by atoms with Gasteiger partial charge in [0.15, 0.2) is 11.5 Å². The first kappa shape index (κ1) is 16.3. The first-order chi connectivity index (χ1) is 11.6. The van der Waals surface area contributed by atoms with Crippen molar-refractivity contribution in [3.8, 4) is 11.5 Å². The topological polar surface area (TPSA) is 50.8 Å². The number of nitrogens with zero attached hydrogens (tertiary/aromatic N) is 1. The predicted molar refractivity (Wildman–Crippen MR) is 91.9 cm³/mol. The van der Waals surface area contributed by atoms with E-state index >= 15 is 0 Å². The van der Waals surface area contributed by atoms with E-state index in [2.05, 4.69) is 5.32 Å². The van der Waals surface area contributed by atoms with Crippen LogP contribution in [-0.4, -0.2) is 31.2 Å². The van der Waals surface area contributed by atoms with Crippen molar-refractivity contribution >= 4 is 5.91 Å². The number of carbonyl (C=O) groups is 1. The summed E-state index contributed by atoms with van der Waals surface area (Å²) in [4.78, 5) is 14.2. The molecule has 1 aliphatic rings. The van der Waals surface area contributed by atoms with Crippen molar-refractivity contribution in [3.63, 3.8) is 0 Å². The van der Waals surface area contributed by atoms with Crippen LogP contribution in [0.4, 0.5) is 0 Å². The first-order valence-electron chi connectivity index (χ1n) is 8.03. The van der Waals surface area contributed by atoms with Crippen molar-refractivity contribution in [1.29, 1.82) is 0 Å². The highest BCUT2D eigenvalue weighted by Gasteiger charge is 2.15. The quantitative estimate of drug-likeness (QED) is 0.887. The lowest BCUT2D eigenvalue weighted by atomic mass is 10.1. The van der Waals surface area contributed by atoms with Gasteiger partial charge in [-0.15, -0.1) is 0 Å². The summed E-state index contributed by atoms with van der Waals surface area (Å²) < 4.78 is 10.7. The van der Waals surface area contributed by atoms with E-state index in [-0.39, 0.29) is 18.7 Å². The Morgan fingerprint density at radius 3 is 2.71 bits per heavy atom. The first-order valence-corrected chi connectivity index (χ1v) is 8.03. The number of amides is 1. The lowest BCUT2D eigenvalue weighted by molar-refractivity contribution is -0.122. The second-order valence-corrected chi connectivity index (χ2v) is 6.06. The number of fused-ring (bicyclic) bond motifs is 1. The molecule has 0 spiro atoms. The van der Waals surface area contributed by atoms with E-state index in [0.29, 0.717) is 13.1 Å². The van der Waals surface area contributed by atoms with E-state index in [1.165, 1.54) is 0 Å². The van der Waals surface area contributed by atoms with Crippen LogP contribution in [0.5, 0.6) is 11.5 Å². The van der Waals surface area contributed by atoms with Crippen molar-refractivity contribution in [2.24, 2.45) is 0 Å². The van der Waals surface area contributed by atoms with E-state index in [1.807, 2.05) is 67.4 Å². The molecule has 5 heteroatoms. The molecule has 0 radical (unpaired) electrons. The normalized spacial score (nSPS) is 13.8. The molecule has 126 valence electrons. The fourth-order valence-electron chi connectivity index (χ4n) is 2.76. The summed E-state index contributed by atoms with van der Waals surface area (Å²) in [5, 5.41) is 3.03. The maximum atomic E-state index is 12.2. The van der Waals surface area contributed by atoms with E-state index in [4.69, 9.17) is 9.47 Å². The minimum atomic E-state index is -0.00218. The van der Waals surface area contributed by atoms with Crippen LogP contribution < -0.4 is 14.8 Å². The average Bonchev–Trinajstić information content (AvgIpc) is 3.03. The van der Waals surface area contributed by atoms with E-state index in [0.717, 1.165) is 22.6 Å². The Morgan fingerprint density at radius 1 is 1.17 bits per heavy atom. The highest BCUT2D eigenvalue weighted by Crippen LogP contribution is 2.32. The van der Waals surface area contributed by atoms with Gasteiger partial charge in [0.1, 0.15) is 0 Å². The summed E-state index contributed by atoms with van der Waals surface area (Å²) in [5.41, 5.74) is 2.19. The number of likely N-dealkylation sites (N-methyl/N-ethyl adjacent to an activating group) is 1. The molecule has 0 aromatic heterocycles. The summed E-state index contributed by atoms with van der Waals surface area (Å²) in [6.45, 7) is 3.27. The number of ether oxygens (including phenoxy) is 2. The molecule has 0 saturated carbocycles. The van der Waals surface area contributed by atoms with Crippen LogP contribution in [0.25, 0.3) is 0 Å². The zero-order valence-electron chi connectivity index (χ0n) is 14.0. The third kappa shape index (κ3) is 4.06. The Labute approximate surface area is 142 Å². The van der Waals surface area contributed by atoms with Crippen LogP contribution in [0, 0.1) is 0 Å². The predicted octanol–water partition coefficient (Wildman–Crippen LogP) is 2.72.